The van der Waals surface area contributed by atoms with Gasteiger partial charge in [0.2, 0.25) is 11.8 Å². The van der Waals surface area contributed by atoms with E-state index in [9.17, 15) is 18.8 Å². The Labute approximate surface area is 183 Å². The maximum absolute atomic E-state index is 12.9. The van der Waals surface area contributed by atoms with Crippen molar-refractivity contribution in [2.45, 2.75) is 45.1 Å². The van der Waals surface area contributed by atoms with Gasteiger partial charge >= 0.3 is 0 Å². The number of carbonyl (C=O) groups excluding carboxylic acids is 3. The molecule has 0 radical (unpaired) electrons. The van der Waals surface area contributed by atoms with Crippen LogP contribution in [-0.4, -0.2) is 84.3 Å². The predicted octanol–water partition coefficient (Wildman–Crippen LogP) is 1.88. The molecule has 8 heteroatoms. The summed E-state index contributed by atoms with van der Waals surface area (Å²) in [5, 5.41) is 2.76. The van der Waals surface area contributed by atoms with E-state index in [2.05, 4.69) is 10.2 Å². The molecule has 2 fully saturated rings. The summed E-state index contributed by atoms with van der Waals surface area (Å²) in [6, 6.07) is 5.23. The lowest BCUT2D eigenvalue weighted by atomic mass is 10.1. The van der Waals surface area contributed by atoms with Gasteiger partial charge in [0.05, 0.1) is 6.04 Å². The molecule has 1 unspecified atom stereocenters. The second-order valence-corrected chi connectivity index (χ2v) is 8.35. The van der Waals surface area contributed by atoms with Crippen LogP contribution in [0, 0.1) is 5.82 Å². The third kappa shape index (κ3) is 6.50. The lowest BCUT2D eigenvalue weighted by Gasteiger charge is -2.39. The average Bonchev–Trinajstić information content (AvgIpc) is 2.81. The molecule has 0 aromatic heterocycles. The van der Waals surface area contributed by atoms with Crippen molar-refractivity contribution >= 4 is 17.7 Å². The van der Waals surface area contributed by atoms with Crippen LogP contribution < -0.4 is 5.32 Å². The highest BCUT2D eigenvalue weighted by molar-refractivity contribution is 5.94. The highest BCUT2D eigenvalue weighted by Crippen LogP contribution is 2.14. The number of rotatable bonds is 7. The van der Waals surface area contributed by atoms with Crippen LogP contribution >= 0.6 is 0 Å². The minimum atomic E-state index is -0.382. The zero-order valence-electron chi connectivity index (χ0n) is 18.3. The number of amides is 3. The second-order valence-electron chi connectivity index (χ2n) is 8.35. The predicted molar refractivity (Wildman–Crippen MR) is 116 cm³/mol. The van der Waals surface area contributed by atoms with Crippen molar-refractivity contribution in [3.8, 4) is 0 Å². The van der Waals surface area contributed by atoms with Crippen LogP contribution in [0.25, 0.3) is 0 Å². The van der Waals surface area contributed by atoms with Crippen LogP contribution in [0.3, 0.4) is 0 Å². The van der Waals surface area contributed by atoms with E-state index in [1.807, 2.05) is 16.7 Å². The van der Waals surface area contributed by atoms with Gasteiger partial charge in [-0.05, 0) is 56.9 Å². The Balaban J connectivity index is 1.33. The fourth-order valence-electron chi connectivity index (χ4n) is 4.20. The molecule has 3 rings (SSSR count). The Morgan fingerprint density at radius 1 is 0.935 bits per heavy atom. The van der Waals surface area contributed by atoms with Crippen LogP contribution in [-0.2, 0) is 9.59 Å². The summed E-state index contributed by atoms with van der Waals surface area (Å²) in [4.78, 5) is 43.2. The van der Waals surface area contributed by atoms with Gasteiger partial charge in [0.15, 0.2) is 0 Å². The molecule has 7 nitrogen and oxygen atoms in total. The summed E-state index contributed by atoms with van der Waals surface area (Å²) < 4.78 is 12.9. The van der Waals surface area contributed by atoms with Crippen LogP contribution in [0.1, 0.15) is 49.4 Å². The number of hydrogen-bond donors (Lipinski definition) is 1. The van der Waals surface area contributed by atoms with Crippen LogP contribution in [0.2, 0.25) is 0 Å². The highest BCUT2D eigenvalue weighted by atomic mass is 19.1. The second kappa shape index (κ2) is 11.2. The number of benzene rings is 1. The van der Waals surface area contributed by atoms with Gasteiger partial charge in [-0.25, -0.2) is 4.39 Å². The summed E-state index contributed by atoms with van der Waals surface area (Å²) >= 11 is 0. The molecule has 0 aliphatic carbocycles. The third-order valence-electron chi connectivity index (χ3n) is 6.20. The van der Waals surface area contributed by atoms with Gasteiger partial charge in [-0.2, -0.15) is 0 Å². The number of nitrogens with one attached hydrogen (secondary N) is 1. The monoisotopic (exact) mass is 432 g/mol. The minimum Gasteiger partial charge on any atom is -0.352 e. The maximum Gasteiger partial charge on any atom is 0.251 e. The molecule has 2 aliphatic rings. The number of carbonyl (C=O) groups is 3. The third-order valence-corrected chi connectivity index (χ3v) is 6.20. The molecule has 1 aromatic rings. The van der Waals surface area contributed by atoms with Gasteiger partial charge in [0, 0.05) is 57.8 Å². The number of nitrogens with zero attached hydrogens (tertiary/aromatic N) is 3. The van der Waals surface area contributed by atoms with Crippen LogP contribution in [0.15, 0.2) is 24.3 Å². The van der Waals surface area contributed by atoms with Gasteiger partial charge in [0.25, 0.3) is 5.91 Å². The Morgan fingerprint density at radius 3 is 2.23 bits per heavy atom. The summed E-state index contributed by atoms with van der Waals surface area (Å²) in [7, 11) is 0. The molecule has 1 aromatic carbocycles. The number of likely N-dealkylation sites (tertiary alicyclic amines) is 1. The molecule has 3 amide bonds. The van der Waals surface area contributed by atoms with Gasteiger partial charge in [0.1, 0.15) is 5.82 Å². The number of halogens is 1. The zero-order valence-corrected chi connectivity index (χ0v) is 18.3. The average molecular weight is 433 g/mol. The van der Waals surface area contributed by atoms with Crippen molar-refractivity contribution in [2.75, 3.05) is 45.8 Å². The Kier molecular flexibility index (Phi) is 8.40. The van der Waals surface area contributed by atoms with E-state index >= 15 is 0 Å². The molecule has 0 saturated carbocycles. The number of hydrogen-bond acceptors (Lipinski definition) is 4. The minimum absolute atomic E-state index is 0.0747. The van der Waals surface area contributed by atoms with E-state index in [1.165, 1.54) is 30.7 Å². The molecule has 1 atom stereocenters. The molecule has 170 valence electrons. The molecule has 2 heterocycles. The molecule has 31 heavy (non-hydrogen) atoms. The first kappa shape index (κ1) is 23.2. The molecule has 0 spiro atoms. The van der Waals surface area contributed by atoms with Crippen LogP contribution in [0.4, 0.5) is 4.39 Å². The Hall–Kier alpha value is -2.48. The van der Waals surface area contributed by atoms with Crippen molar-refractivity contribution in [1.29, 1.82) is 0 Å². The summed E-state index contributed by atoms with van der Waals surface area (Å²) in [5.41, 5.74) is 0.400. The lowest BCUT2D eigenvalue weighted by Crippen LogP contribution is -2.56. The quantitative estimate of drug-likeness (QED) is 0.668. The topological polar surface area (TPSA) is 73.0 Å². The van der Waals surface area contributed by atoms with Gasteiger partial charge in [-0.3, -0.25) is 19.3 Å². The van der Waals surface area contributed by atoms with Crippen molar-refractivity contribution in [2.24, 2.45) is 0 Å². The van der Waals surface area contributed by atoms with Crippen molar-refractivity contribution in [3.63, 3.8) is 0 Å². The van der Waals surface area contributed by atoms with E-state index < -0.39 is 0 Å². The summed E-state index contributed by atoms with van der Waals surface area (Å²) in [6.07, 6.45) is 4.30. The first-order valence-corrected chi connectivity index (χ1v) is 11.3. The van der Waals surface area contributed by atoms with Crippen molar-refractivity contribution < 1.29 is 18.8 Å². The normalized spacial score (nSPS) is 18.5. The SMILES string of the molecule is CC(C(=O)N1CCCCC1)N1CCN(C(=O)CCCNC(=O)c2ccc(F)cc2)CC1. The fourth-order valence-corrected chi connectivity index (χ4v) is 4.20. The largest absolute Gasteiger partial charge is 0.352 e. The number of piperidine rings is 1. The van der Waals surface area contributed by atoms with E-state index in [-0.39, 0.29) is 29.6 Å². The van der Waals surface area contributed by atoms with E-state index in [0.717, 1.165) is 25.9 Å². The number of piperazine rings is 1. The lowest BCUT2D eigenvalue weighted by molar-refractivity contribution is -0.139. The van der Waals surface area contributed by atoms with Crippen LogP contribution in [0.5, 0.6) is 0 Å². The van der Waals surface area contributed by atoms with E-state index in [1.54, 1.807) is 0 Å². The first-order valence-electron chi connectivity index (χ1n) is 11.3. The molecule has 2 aliphatic heterocycles. The standard InChI is InChI=1S/C23H33FN4O3/c1-18(23(31)28-12-3-2-4-13-28)26-14-16-27(17-15-26)21(29)6-5-11-25-22(30)19-7-9-20(24)10-8-19/h7-10,18H,2-6,11-17H2,1H3,(H,25,30). The van der Waals surface area contributed by atoms with Gasteiger partial charge < -0.3 is 15.1 Å². The first-order chi connectivity index (χ1) is 15.0. The molecule has 2 saturated heterocycles. The molecule has 1 N–H and O–H groups in total. The molecular formula is C23H33FN4O3. The zero-order chi connectivity index (χ0) is 22.2. The van der Waals surface area contributed by atoms with E-state index in [0.29, 0.717) is 51.1 Å². The highest BCUT2D eigenvalue weighted by Gasteiger charge is 2.30. The van der Waals surface area contributed by atoms with Gasteiger partial charge in [-0.15, -0.1) is 0 Å². The molecular weight excluding hydrogens is 399 g/mol. The van der Waals surface area contributed by atoms with E-state index in [4.69, 9.17) is 0 Å². The molecule has 0 bridgehead atoms. The van der Waals surface area contributed by atoms with Crippen molar-refractivity contribution in [3.05, 3.63) is 35.6 Å². The maximum atomic E-state index is 12.9. The van der Waals surface area contributed by atoms with Gasteiger partial charge in [-0.1, -0.05) is 0 Å². The van der Waals surface area contributed by atoms with Crippen molar-refractivity contribution in [1.82, 2.24) is 20.0 Å². The summed E-state index contributed by atoms with van der Waals surface area (Å²) in [5.74, 6) is -0.372. The Morgan fingerprint density at radius 2 is 1.58 bits per heavy atom. The fraction of sp³-hybridized carbons (Fsp3) is 0.609. The Bertz CT molecular complexity index is 757. The summed E-state index contributed by atoms with van der Waals surface area (Å²) in [6.45, 7) is 6.73. The smallest absolute Gasteiger partial charge is 0.251 e.